The zero-order valence-corrected chi connectivity index (χ0v) is 16.9. The summed E-state index contributed by atoms with van der Waals surface area (Å²) in [5, 5.41) is 3.33. The largest absolute Gasteiger partial charge is 0.348 e. The van der Waals surface area contributed by atoms with Crippen LogP contribution >= 0.6 is 11.6 Å². The second-order valence-electron chi connectivity index (χ2n) is 7.20. The predicted octanol–water partition coefficient (Wildman–Crippen LogP) is 4.78. The average molecular weight is 405 g/mol. The third-order valence-corrected chi connectivity index (χ3v) is 5.49. The van der Waals surface area contributed by atoms with Crippen LogP contribution in [0.5, 0.6) is 0 Å². The lowest BCUT2D eigenvalue weighted by atomic mass is 10.1. The molecule has 1 aliphatic heterocycles. The van der Waals surface area contributed by atoms with Gasteiger partial charge in [-0.25, -0.2) is 0 Å². The SMILES string of the molecule is Cc1ccc(C(=O)N2CCc3ccc(CNC(=O)c4ccccc4Cl)cc32)cc1. The van der Waals surface area contributed by atoms with E-state index in [1.807, 2.05) is 54.3 Å². The van der Waals surface area contributed by atoms with Crippen molar-refractivity contribution < 1.29 is 9.59 Å². The second kappa shape index (κ2) is 8.10. The van der Waals surface area contributed by atoms with Gasteiger partial charge in [0.05, 0.1) is 10.6 Å². The third-order valence-electron chi connectivity index (χ3n) is 5.16. The Hall–Kier alpha value is -3.11. The topological polar surface area (TPSA) is 49.4 Å². The molecular formula is C24H21ClN2O2. The molecule has 3 aromatic carbocycles. The first-order valence-corrected chi connectivity index (χ1v) is 9.94. The third kappa shape index (κ3) is 4.03. The number of halogens is 1. The van der Waals surface area contributed by atoms with Crippen LogP contribution in [0, 0.1) is 6.92 Å². The maximum Gasteiger partial charge on any atom is 0.258 e. The molecule has 1 aliphatic rings. The molecule has 2 amide bonds. The van der Waals surface area contributed by atoms with Crippen molar-refractivity contribution in [2.75, 3.05) is 11.4 Å². The van der Waals surface area contributed by atoms with Gasteiger partial charge in [-0.3, -0.25) is 9.59 Å². The van der Waals surface area contributed by atoms with Gasteiger partial charge in [0.15, 0.2) is 0 Å². The molecular weight excluding hydrogens is 384 g/mol. The van der Waals surface area contributed by atoms with E-state index in [4.69, 9.17) is 11.6 Å². The second-order valence-corrected chi connectivity index (χ2v) is 7.61. The summed E-state index contributed by atoms with van der Waals surface area (Å²) in [6.07, 6.45) is 0.833. The number of fused-ring (bicyclic) bond motifs is 1. The Morgan fingerprint density at radius 3 is 2.55 bits per heavy atom. The molecule has 0 atom stereocenters. The number of anilines is 1. The van der Waals surface area contributed by atoms with E-state index < -0.39 is 0 Å². The van der Waals surface area contributed by atoms with Gasteiger partial charge in [-0.2, -0.15) is 0 Å². The smallest absolute Gasteiger partial charge is 0.258 e. The number of benzene rings is 3. The van der Waals surface area contributed by atoms with E-state index in [9.17, 15) is 9.59 Å². The number of nitrogens with one attached hydrogen (secondary N) is 1. The quantitative estimate of drug-likeness (QED) is 0.680. The zero-order valence-electron chi connectivity index (χ0n) is 16.1. The molecule has 0 radical (unpaired) electrons. The Morgan fingerprint density at radius 1 is 1.03 bits per heavy atom. The highest BCUT2D eigenvalue weighted by molar-refractivity contribution is 6.33. The number of nitrogens with zero attached hydrogens (tertiary/aromatic N) is 1. The van der Waals surface area contributed by atoms with Crippen molar-refractivity contribution in [1.82, 2.24) is 5.32 Å². The van der Waals surface area contributed by atoms with Crippen LogP contribution in [0.25, 0.3) is 0 Å². The van der Waals surface area contributed by atoms with Gasteiger partial charge >= 0.3 is 0 Å². The summed E-state index contributed by atoms with van der Waals surface area (Å²) in [5.41, 5.74) is 5.26. The van der Waals surface area contributed by atoms with Gasteiger partial charge in [0, 0.05) is 24.3 Å². The van der Waals surface area contributed by atoms with E-state index in [1.54, 1.807) is 24.3 Å². The molecule has 0 aliphatic carbocycles. The van der Waals surface area contributed by atoms with E-state index in [0.29, 0.717) is 29.2 Å². The molecule has 1 N–H and O–H groups in total. The normalized spacial score (nSPS) is 12.6. The van der Waals surface area contributed by atoms with Gasteiger partial charge in [-0.1, -0.05) is 53.6 Å². The Balaban J connectivity index is 1.50. The van der Waals surface area contributed by atoms with Crippen molar-refractivity contribution in [3.8, 4) is 0 Å². The first-order valence-electron chi connectivity index (χ1n) is 9.56. The lowest BCUT2D eigenvalue weighted by Gasteiger charge is -2.18. The molecule has 146 valence electrons. The van der Waals surface area contributed by atoms with Crippen LogP contribution in [0.2, 0.25) is 5.02 Å². The number of carbonyl (C=O) groups is 2. The average Bonchev–Trinajstić information content (AvgIpc) is 3.15. The maximum atomic E-state index is 13.0. The Kier molecular flexibility index (Phi) is 5.36. The van der Waals surface area contributed by atoms with Crippen LogP contribution in [-0.2, 0) is 13.0 Å². The number of rotatable bonds is 4. The van der Waals surface area contributed by atoms with Gasteiger partial charge in [-0.05, 0) is 54.8 Å². The van der Waals surface area contributed by atoms with Gasteiger partial charge in [0.1, 0.15) is 0 Å². The molecule has 0 saturated heterocycles. The van der Waals surface area contributed by atoms with Crippen LogP contribution in [0.3, 0.4) is 0 Å². The van der Waals surface area contributed by atoms with E-state index in [0.717, 1.165) is 28.8 Å². The summed E-state index contributed by atoms with van der Waals surface area (Å²) < 4.78 is 0. The molecule has 0 spiro atoms. The summed E-state index contributed by atoms with van der Waals surface area (Å²) in [7, 11) is 0. The lowest BCUT2D eigenvalue weighted by Crippen LogP contribution is -2.29. The summed E-state index contributed by atoms with van der Waals surface area (Å²) in [4.78, 5) is 27.2. The Labute approximate surface area is 175 Å². The minimum Gasteiger partial charge on any atom is -0.348 e. The molecule has 0 saturated carbocycles. The standard InChI is InChI=1S/C24H21ClN2O2/c1-16-6-9-19(10-7-16)24(29)27-13-12-18-11-8-17(14-22(18)27)15-26-23(28)20-4-2-3-5-21(20)25/h2-11,14H,12-13,15H2,1H3,(H,26,28). The van der Waals surface area contributed by atoms with Crippen LogP contribution in [-0.4, -0.2) is 18.4 Å². The van der Waals surface area contributed by atoms with Crippen molar-refractivity contribution in [1.29, 1.82) is 0 Å². The molecule has 5 heteroatoms. The minimum atomic E-state index is -0.219. The van der Waals surface area contributed by atoms with E-state index in [2.05, 4.69) is 5.32 Å². The van der Waals surface area contributed by atoms with Crippen LogP contribution in [0.15, 0.2) is 66.7 Å². The van der Waals surface area contributed by atoms with Crippen LogP contribution < -0.4 is 10.2 Å². The molecule has 0 fully saturated rings. The van der Waals surface area contributed by atoms with Crippen LogP contribution in [0.1, 0.15) is 37.4 Å². The zero-order chi connectivity index (χ0) is 20.4. The number of aryl methyl sites for hydroxylation is 1. The van der Waals surface area contributed by atoms with Crippen LogP contribution in [0.4, 0.5) is 5.69 Å². The number of hydrogen-bond donors (Lipinski definition) is 1. The van der Waals surface area contributed by atoms with E-state index in [-0.39, 0.29) is 11.8 Å². The lowest BCUT2D eigenvalue weighted by molar-refractivity contribution is 0.0949. The van der Waals surface area contributed by atoms with Crippen molar-refractivity contribution in [3.63, 3.8) is 0 Å². The highest BCUT2D eigenvalue weighted by atomic mass is 35.5. The molecule has 4 rings (SSSR count). The van der Waals surface area contributed by atoms with Crippen molar-refractivity contribution in [2.45, 2.75) is 19.9 Å². The number of amides is 2. The van der Waals surface area contributed by atoms with Gasteiger partial charge < -0.3 is 10.2 Å². The number of carbonyl (C=O) groups excluding carboxylic acids is 2. The first-order chi connectivity index (χ1) is 14.0. The first kappa shape index (κ1) is 19.2. The molecule has 0 unspecified atom stereocenters. The summed E-state index contributed by atoms with van der Waals surface area (Å²) in [6.45, 7) is 3.03. The predicted molar refractivity (Wildman–Crippen MR) is 116 cm³/mol. The van der Waals surface area contributed by atoms with Gasteiger partial charge in [0.2, 0.25) is 0 Å². The Morgan fingerprint density at radius 2 is 1.79 bits per heavy atom. The fourth-order valence-corrected chi connectivity index (χ4v) is 3.74. The van der Waals surface area contributed by atoms with Gasteiger partial charge in [-0.15, -0.1) is 0 Å². The number of hydrogen-bond acceptors (Lipinski definition) is 2. The Bertz CT molecular complexity index is 1080. The molecule has 4 nitrogen and oxygen atoms in total. The molecule has 0 bridgehead atoms. The fourth-order valence-electron chi connectivity index (χ4n) is 3.52. The molecule has 0 aromatic heterocycles. The highest BCUT2D eigenvalue weighted by Gasteiger charge is 2.25. The fraction of sp³-hybridized carbons (Fsp3) is 0.167. The van der Waals surface area contributed by atoms with Crippen molar-refractivity contribution in [3.05, 3.63) is 99.6 Å². The van der Waals surface area contributed by atoms with Gasteiger partial charge in [0.25, 0.3) is 11.8 Å². The monoisotopic (exact) mass is 404 g/mol. The van der Waals surface area contributed by atoms with E-state index >= 15 is 0 Å². The summed E-state index contributed by atoms with van der Waals surface area (Å²) in [5.74, 6) is -0.218. The summed E-state index contributed by atoms with van der Waals surface area (Å²) >= 11 is 6.09. The molecule has 3 aromatic rings. The van der Waals surface area contributed by atoms with Crippen molar-refractivity contribution in [2.24, 2.45) is 0 Å². The maximum absolute atomic E-state index is 13.0. The molecule has 29 heavy (non-hydrogen) atoms. The van der Waals surface area contributed by atoms with E-state index in [1.165, 1.54) is 0 Å². The van der Waals surface area contributed by atoms with Crippen molar-refractivity contribution >= 4 is 29.1 Å². The molecule has 1 heterocycles. The highest BCUT2D eigenvalue weighted by Crippen LogP contribution is 2.30. The summed E-state index contributed by atoms with van der Waals surface area (Å²) in [6, 6.07) is 20.6. The minimum absolute atomic E-state index is 0.000929.